The number of rotatable bonds is 3. The van der Waals surface area contributed by atoms with Crippen molar-refractivity contribution in [2.45, 2.75) is 19.1 Å². The van der Waals surface area contributed by atoms with Gasteiger partial charge in [-0.1, -0.05) is 12.1 Å². The van der Waals surface area contributed by atoms with Crippen LogP contribution in [0.15, 0.2) is 48.8 Å². The lowest BCUT2D eigenvalue weighted by Gasteiger charge is -2.32. The molecule has 10 heteroatoms. The van der Waals surface area contributed by atoms with Gasteiger partial charge in [-0.05, 0) is 35.7 Å². The molecule has 2 aromatic heterocycles. The van der Waals surface area contributed by atoms with Crippen molar-refractivity contribution in [2.24, 2.45) is 0 Å². The number of carbonyl (C=O) groups is 1. The summed E-state index contributed by atoms with van der Waals surface area (Å²) < 4.78 is 45.7. The van der Waals surface area contributed by atoms with Crippen LogP contribution in [0.3, 0.4) is 0 Å². The van der Waals surface area contributed by atoms with Crippen molar-refractivity contribution in [3.63, 3.8) is 0 Å². The van der Waals surface area contributed by atoms with Crippen molar-refractivity contribution in [1.29, 1.82) is 0 Å². The molecule has 2 aliphatic heterocycles. The first-order valence-corrected chi connectivity index (χ1v) is 10.1. The van der Waals surface area contributed by atoms with Crippen molar-refractivity contribution in [3.05, 3.63) is 65.6 Å². The van der Waals surface area contributed by atoms with Gasteiger partial charge in [0.15, 0.2) is 11.5 Å². The fourth-order valence-electron chi connectivity index (χ4n) is 4.02. The number of nitrogens with zero attached hydrogens (tertiary/aromatic N) is 5. The molecule has 3 aromatic rings. The van der Waals surface area contributed by atoms with E-state index in [-0.39, 0.29) is 17.7 Å². The molecule has 7 nitrogen and oxygen atoms in total. The Balaban J connectivity index is 1.51. The van der Waals surface area contributed by atoms with E-state index in [9.17, 15) is 18.0 Å². The van der Waals surface area contributed by atoms with Crippen LogP contribution in [0, 0.1) is 0 Å². The van der Waals surface area contributed by atoms with Crippen LogP contribution in [-0.2, 0) is 23.9 Å². The van der Waals surface area contributed by atoms with Crippen LogP contribution in [-0.4, -0.2) is 40.7 Å². The van der Waals surface area contributed by atoms with Crippen molar-refractivity contribution in [3.8, 4) is 11.4 Å². The topological polar surface area (TPSA) is 71.5 Å². The van der Waals surface area contributed by atoms with Crippen LogP contribution in [0.2, 0.25) is 0 Å². The van der Waals surface area contributed by atoms with Gasteiger partial charge in [0, 0.05) is 37.1 Å². The summed E-state index contributed by atoms with van der Waals surface area (Å²) in [5.74, 6) is 0.171. The predicted octanol–water partition coefficient (Wildman–Crippen LogP) is 4.08. The van der Waals surface area contributed by atoms with Crippen molar-refractivity contribution in [2.75, 3.05) is 29.5 Å². The molecule has 1 aromatic carbocycles. The first kappa shape index (κ1) is 20.2. The number of pyridine rings is 1. The van der Waals surface area contributed by atoms with E-state index in [1.165, 1.54) is 12.4 Å². The summed E-state index contributed by atoms with van der Waals surface area (Å²) in [5.41, 5.74) is 2.14. The third kappa shape index (κ3) is 3.72. The number of ether oxygens (including phenoxy) is 1. The molecule has 0 saturated carbocycles. The highest BCUT2D eigenvalue weighted by Gasteiger charge is 2.35. The first-order chi connectivity index (χ1) is 15.4. The maximum Gasteiger partial charge on any atom is 0.433 e. The van der Waals surface area contributed by atoms with Gasteiger partial charge in [-0.25, -0.2) is 14.8 Å². The average Bonchev–Trinajstić information content (AvgIpc) is 3.23. The molecular formula is C22H18F3N5O2. The second kappa shape index (κ2) is 7.77. The van der Waals surface area contributed by atoms with Crippen molar-refractivity contribution in [1.82, 2.24) is 15.0 Å². The number of cyclic esters (lactones) is 1. The van der Waals surface area contributed by atoms with Gasteiger partial charge in [0.05, 0.1) is 12.2 Å². The fourth-order valence-corrected chi connectivity index (χ4v) is 4.02. The number of halogens is 3. The lowest BCUT2D eigenvalue weighted by atomic mass is 9.97. The van der Waals surface area contributed by atoms with Gasteiger partial charge < -0.3 is 9.64 Å². The molecule has 1 amide bonds. The summed E-state index contributed by atoms with van der Waals surface area (Å²) in [7, 11) is 0. The third-order valence-electron chi connectivity index (χ3n) is 5.54. The summed E-state index contributed by atoms with van der Waals surface area (Å²) in [6.45, 7) is 1.64. The molecule has 2 aliphatic rings. The minimum absolute atomic E-state index is 0.0257. The molecular weight excluding hydrogens is 423 g/mol. The molecule has 0 radical (unpaired) electrons. The third-order valence-corrected chi connectivity index (χ3v) is 5.54. The van der Waals surface area contributed by atoms with E-state index in [4.69, 9.17) is 4.74 Å². The zero-order valence-corrected chi connectivity index (χ0v) is 16.8. The molecule has 1 saturated heterocycles. The molecule has 0 spiro atoms. The van der Waals surface area contributed by atoms with E-state index in [0.717, 1.165) is 22.9 Å². The van der Waals surface area contributed by atoms with Gasteiger partial charge in [-0.3, -0.25) is 9.88 Å². The Hall–Kier alpha value is -3.69. The molecule has 1 fully saturated rings. The Labute approximate surface area is 181 Å². The number of fused-ring (bicyclic) bond motifs is 1. The smallest absolute Gasteiger partial charge is 0.433 e. The Kier molecular flexibility index (Phi) is 4.91. The molecule has 0 N–H and O–H groups in total. The summed E-state index contributed by atoms with van der Waals surface area (Å²) in [5, 5.41) is 0. The molecule has 0 unspecified atom stereocenters. The molecule has 0 aliphatic carbocycles. The van der Waals surface area contributed by atoms with Gasteiger partial charge in [0.1, 0.15) is 12.4 Å². The van der Waals surface area contributed by atoms with Gasteiger partial charge in [-0.2, -0.15) is 13.2 Å². The fraction of sp³-hybridized carbons (Fsp3) is 0.273. The van der Waals surface area contributed by atoms with Crippen LogP contribution >= 0.6 is 0 Å². The Bertz CT molecular complexity index is 1170. The number of anilines is 2. The second-order valence-corrected chi connectivity index (χ2v) is 7.53. The largest absolute Gasteiger partial charge is 0.447 e. The molecule has 0 atom stereocenters. The van der Waals surface area contributed by atoms with Crippen LogP contribution < -0.4 is 9.80 Å². The number of amides is 1. The van der Waals surface area contributed by atoms with Gasteiger partial charge in [-0.15, -0.1) is 0 Å². The van der Waals surface area contributed by atoms with E-state index in [0.29, 0.717) is 38.2 Å². The van der Waals surface area contributed by atoms with Crippen molar-refractivity contribution >= 4 is 17.6 Å². The Morgan fingerprint density at radius 2 is 1.94 bits per heavy atom. The first-order valence-electron chi connectivity index (χ1n) is 10.1. The lowest BCUT2D eigenvalue weighted by molar-refractivity contribution is -0.141. The second-order valence-electron chi connectivity index (χ2n) is 7.53. The van der Waals surface area contributed by atoms with Crippen molar-refractivity contribution < 1.29 is 22.7 Å². The Morgan fingerprint density at radius 3 is 2.66 bits per heavy atom. The molecule has 164 valence electrons. The monoisotopic (exact) mass is 441 g/mol. The number of aromatic nitrogens is 3. The number of alkyl halides is 3. The molecule has 32 heavy (non-hydrogen) atoms. The molecule has 5 rings (SSSR count). The summed E-state index contributed by atoms with van der Waals surface area (Å²) in [4.78, 5) is 27.5. The van der Waals surface area contributed by atoms with E-state index in [1.54, 1.807) is 21.9 Å². The van der Waals surface area contributed by atoms with Crippen LogP contribution in [0.1, 0.15) is 16.8 Å². The lowest BCUT2D eigenvalue weighted by Crippen LogP contribution is -2.33. The summed E-state index contributed by atoms with van der Waals surface area (Å²) in [6, 6.07) is 9.85. The number of hydrogen-bond acceptors (Lipinski definition) is 6. The van der Waals surface area contributed by atoms with Gasteiger partial charge >= 0.3 is 12.3 Å². The zero-order chi connectivity index (χ0) is 22.3. The standard InChI is InChI=1S/C22H18F3N5O2/c23-22(24,25)18-11-19(28-20(27-18)14-4-2-7-26-12-14)29-8-6-16-15(13-29)3-1-5-17(16)30-9-10-32-21(30)31/h1-5,7,11-12H,6,8-10,13H2. The predicted molar refractivity (Wildman–Crippen MR) is 110 cm³/mol. The van der Waals surface area contributed by atoms with Gasteiger partial charge in [0.25, 0.3) is 0 Å². The maximum atomic E-state index is 13.6. The molecule has 4 heterocycles. The highest BCUT2D eigenvalue weighted by Crippen LogP contribution is 2.35. The van der Waals surface area contributed by atoms with Crippen LogP contribution in [0.25, 0.3) is 11.4 Å². The molecule has 0 bridgehead atoms. The zero-order valence-electron chi connectivity index (χ0n) is 16.8. The number of hydrogen-bond donors (Lipinski definition) is 0. The van der Waals surface area contributed by atoms with E-state index in [1.807, 2.05) is 18.2 Å². The summed E-state index contributed by atoms with van der Waals surface area (Å²) in [6.07, 6.45) is -1.46. The Morgan fingerprint density at radius 1 is 1.06 bits per heavy atom. The summed E-state index contributed by atoms with van der Waals surface area (Å²) >= 11 is 0. The van der Waals surface area contributed by atoms with E-state index in [2.05, 4.69) is 15.0 Å². The number of carbonyl (C=O) groups excluding carboxylic acids is 1. The normalized spacial score (nSPS) is 16.2. The van der Waals surface area contributed by atoms with Gasteiger partial charge in [0.2, 0.25) is 0 Å². The SMILES string of the molecule is O=C1OCCN1c1cccc2c1CCN(c1cc(C(F)(F)F)nc(-c3cccnc3)n1)C2. The van der Waals surface area contributed by atoms with E-state index >= 15 is 0 Å². The average molecular weight is 441 g/mol. The van der Waals surface area contributed by atoms with Crippen LogP contribution in [0.5, 0.6) is 0 Å². The van der Waals surface area contributed by atoms with E-state index < -0.39 is 11.9 Å². The van der Waals surface area contributed by atoms with Crippen LogP contribution in [0.4, 0.5) is 29.5 Å². The quantitative estimate of drug-likeness (QED) is 0.610. The minimum Gasteiger partial charge on any atom is -0.447 e. The maximum absolute atomic E-state index is 13.6. The highest BCUT2D eigenvalue weighted by atomic mass is 19.4. The minimum atomic E-state index is -4.61. The highest BCUT2D eigenvalue weighted by molar-refractivity contribution is 5.90. The number of benzene rings is 1.